The van der Waals surface area contributed by atoms with Crippen molar-refractivity contribution in [3.05, 3.63) is 88.1 Å². The van der Waals surface area contributed by atoms with E-state index >= 15 is 0 Å². The quantitative estimate of drug-likeness (QED) is 0.620. The van der Waals surface area contributed by atoms with Gasteiger partial charge in [0.1, 0.15) is 5.82 Å². The fourth-order valence-electron chi connectivity index (χ4n) is 2.96. The molecule has 4 rings (SSSR count). The minimum Gasteiger partial charge on any atom is -0.353 e. The molecule has 0 atom stereocenters. The molecule has 0 spiro atoms. The molecule has 25 heavy (non-hydrogen) atoms. The third-order valence-electron chi connectivity index (χ3n) is 4.16. The summed E-state index contributed by atoms with van der Waals surface area (Å²) in [6.45, 7) is 0.365. The summed E-state index contributed by atoms with van der Waals surface area (Å²) in [5.74, 6) is -0.546. The molecule has 3 aromatic rings. The first-order valence-electron chi connectivity index (χ1n) is 7.84. The summed E-state index contributed by atoms with van der Waals surface area (Å²) in [6, 6.07) is 19.6. The summed E-state index contributed by atoms with van der Waals surface area (Å²) in [5, 5.41) is 3.25. The zero-order chi connectivity index (χ0) is 17.4. The summed E-state index contributed by atoms with van der Waals surface area (Å²) < 4.78 is 14.7. The second-order valence-corrected chi connectivity index (χ2v) is 6.77. The van der Waals surface area contributed by atoms with Gasteiger partial charge in [0.25, 0.3) is 5.91 Å². The van der Waals surface area contributed by atoms with E-state index < -0.39 is 0 Å². The van der Waals surface area contributed by atoms with Crippen molar-refractivity contribution < 1.29 is 9.18 Å². The molecule has 0 bridgehead atoms. The third-order valence-corrected chi connectivity index (χ3v) is 4.65. The molecular formula is C20H14BrFN2O. The number of hydrogen-bond acceptors (Lipinski definition) is 2. The van der Waals surface area contributed by atoms with Gasteiger partial charge in [-0.3, -0.25) is 4.79 Å². The Bertz CT molecular complexity index is 959. The van der Waals surface area contributed by atoms with Gasteiger partial charge in [-0.25, -0.2) is 4.39 Å². The van der Waals surface area contributed by atoms with Crippen LogP contribution in [0.5, 0.6) is 0 Å². The van der Waals surface area contributed by atoms with Gasteiger partial charge in [0, 0.05) is 4.47 Å². The Morgan fingerprint density at radius 1 is 0.960 bits per heavy atom. The maximum absolute atomic E-state index is 13.9. The number of hydrogen-bond donors (Lipinski definition) is 1. The minimum absolute atomic E-state index is 0.169. The van der Waals surface area contributed by atoms with Crippen LogP contribution >= 0.6 is 15.9 Å². The molecule has 0 fully saturated rings. The highest BCUT2D eigenvalue weighted by molar-refractivity contribution is 9.10. The van der Waals surface area contributed by atoms with Crippen LogP contribution in [0, 0.1) is 5.82 Å². The topological polar surface area (TPSA) is 32.3 Å². The molecule has 1 N–H and O–H groups in total. The predicted molar refractivity (Wildman–Crippen MR) is 101 cm³/mol. The van der Waals surface area contributed by atoms with E-state index in [0.717, 1.165) is 10.0 Å². The van der Waals surface area contributed by atoms with Gasteiger partial charge in [0.2, 0.25) is 0 Å². The van der Waals surface area contributed by atoms with E-state index in [2.05, 4.69) is 21.2 Å². The zero-order valence-electron chi connectivity index (χ0n) is 13.2. The highest BCUT2D eigenvalue weighted by Crippen LogP contribution is 2.37. The predicted octanol–water partition coefficient (Wildman–Crippen LogP) is 5.49. The molecule has 0 saturated heterocycles. The summed E-state index contributed by atoms with van der Waals surface area (Å²) in [6.07, 6.45) is 0. The molecule has 1 aliphatic heterocycles. The van der Waals surface area contributed by atoms with Gasteiger partial charge < -0.3 is 10.2 Å². The Morgan fingerprint density at radius 2 is 1.72 bits per heavy atom. The standard InChI is InChI=1S/C20H14BrFN2O/c21-14-6-8-17-16(10-14)20(25)24(12-13-4-2-1-3-5-13)19-11-15(22)7-9-18(19)23-17/h1-11,23H,12H2. The average Bonchev–Trinajstić information content (AvgIpc) is 2.72. The van der Waals surface area contributed by atoms with E-state index in [4.69, 9.17) is 0 Å². The van der Waals surface area contributed by atoms with E-state index in [-0.39, 0.29) is 11.7 Å². The normalized spacial score (nSPS) is 12.9. The van der Waals surface area contributed by atoms with Gasteiger partial charge in [-0.2, -0.15) is 0 Å². The Balaban J connectivity index is 1.87. The van der Waals surface area contributed by atoms with Gasteiger partial charge in [-0.05, 0) is 42.0 Å². The number of nitrogens with one attached hydrogen (secondary N) is 1. The van der Waals surface area contributed by atoms with Gasteiger partial charge in [-0.1, -0.05) is 46.3 Å². The minimum atomic E-state index is -0.376. The lowest BCUT2D eigenvalue weighted by Gasteiger charge is -2.23. The molecule has 3 aromatic carbocycles. The van der Waals surface area contributed by atoms with E-state index in [0.29, 0.717) is 29.2 Å². The van der Waals surface area contributed by atoms with E-state index in [9.17, 15) is 9.18 Å². The number of amides is 1. The van der Waals surface area contributed by atoms with E-state index in [1.54, 1.807) is 17.0 Å². The van der Waals surface area contributed by atoms with Crippen LogP contribution < -0.4 is 10.2 Å². The Labute approximate surface area is 153 Å². The first-order valence-corrected chi connectivity index (χ1v) is 8.63. The number of carbonyl (C=O) groups excluding carboxylic acids is 1. The summed E-state index contributed by atoms with van der Waals surface area (Å²) in [7, 11) is 0. The monoisotopic (exact) mass is 396 g/mol. The summed E-state index contributed by atoms with van der Waals surface area (Å²) in [5.41, 5.74) is 3.45. The lowest BCUT2D eigenvalue weighted by Crippen LogP contribution is -2.29. The average molecular weight is 397 g/mol. The maximum atomic E-state index is 13.9. The van der Waals surface area contributed by atoms with Crippen molar-refractivity contribution >= 4 is 38.9 Å². The van der Waals surface area contributed by atoms with Crippen LogP contribution in [0.4, 0.5) is 21.5 Å². The fraction of sp³-hybridized carbons (Fsp3) is 0.0500. The molecule has 124 valence electrons. The molecule has 0 aromatic heterocycles. The molecule has 0 saturated carbocycles. The van der Waals surface area contributed by atoms with Crippen LogP contribution in [0.25, 0.3) is 0 Å². The van der Waals surface area contributed by atoms with Crippen molar-refractivity contribution in [3.8, 4) is 0 Å². The number of rotatable bonds is 2. The van der Waals surface area contributed by atoms with Crippen molar-refractivity contribution in [1.82, 2.24) is 0 Å². The molecule has 0 aliphatic carbocycles. The van der Waals surface area contributed by atoms with Crippen molar-refractivity contribution in [3.63, 3.8) is 0 Å². The molecule has 3 nitrogen and oxygen atoms in total. The smallest absolute Gasteiger partial charge is 0.260 e. The van der Waals surface area contributed by atoms with Crippen LogP contribution in [-0.2, 0) is 6.54 Å². The second-order valence-electron chi connectivity index (χ2n) is 5.85. The summed E-state index contributed by atoms with van der Waals surface area (Å²) in [4.78, 5) is 14.8. The van der Waals surface area contributed by atoms with Gasteiger partial charge >= 0.3 is 0 Å². The van der Waals surface area contributed by atoms with Crippen LogP contribution in [0.2, 0.25) is 0 Å². The highest BCUT2D eigenvalue weighted by atomic mass is 79.9. The summed E-state index contributed by atoms with van der Waals surface area (Å²) >= 11 is 3.42. The van der Waals surface area contributed by atoms with E-state index in [1.165, 1.54) is 12.1 Å². The number of fused-ring (bicyclic) bond motifs is 2. The Hall–Kier alpha value is -2.66. The van der Waals surface area contributed by atoms with Crippen molar-refractivity contribution in [2.75, 3.05) is 10.2 Å². The van der Waals surface area contributed by atoms with E-state index in [1.807, 2.05) is 42.5 Å². The third kappa shape index (κ3) is 3.03. The molecule has 5 heteroatoms. The molecule has 1 aliphatic rings. The first-order chi connectivity index (χ1) is 12.1. The number of benzene rings is 3. The molecule has 0 unspecified atom stereocenters. The van der Waals surface area contributed by atoms with Crippen LogP contribution in [0.1, 0.15) is 15.9 Å². The van der Waals surface area contributed by atoms with Gasteiger partial charge in [0.05, 0.1) is 29.2 Å². The zero-order valence-corrected chi connectivity index (χ0v) is 14.8. The number of anilines is 3. The SMILES string of the molecule is O=C1c2cc(Br)ccc2Nc2ccc(F)cc2N1Cc1ccccc1. The van der Waals surface area contributed by atoms with Crippen molar-refractivity contribution in [2.24, 2.45) is 0 Å². The number of nitrogens with zero attached hydrogens (tertiary/aromatic N) is 1. The van der Waals surface area contributed by atoms with Crippen molar-refractivity contribution in [2.45, 2.75) is 6.54 Å². The fourth-order valence-corrected chi connectivity index (χ4v) is 3.32. The Kier molecular flexibility index (Phi) is 4.01. The molecule has 1 heterocycles. The Morgan fingerprint density at radius 3 is 2.52 bits per heavy atom. The van der Waals surface area contributed by atoms with Gasteiger partial charge in [0.15, 0.2) is 0 Å². The second kappa shape index (κ2) is 6.33. The number of halogens is 2. The molecular weight excluding hydrogens is 383 g/mol. The highest BCUT2D eigenvalue weighted by Gasteiger charge is 2.27. The maximum Gasteiger partial charge on any atom is 0.260 e. The lowest BCUT2D eigenvalue weighted by molar-refractivity contribution is 0.0986. The molecule has 1 amide bonds. The number of carbonyl (C=O) groups is 1. The van der Waals surface area contributed by atoms with Crippen molar-refractivity contribution in [1.29, 1.82) is 0 Å². The van der Waals surface area contributed by atoms with Crippen LogP contribution in [-0.4, -0.2) is 5.91 Å². The van der Waals surface area contributed by atoms with Gasteiger partial charge in [-0.15, -0.1) is 0 Å². The molecule has 0 radical (unpaired) electrons. The lowest BCUT2D eigenvalue weighted by atomic mass is 10.1. The largest absolute Gasteiger partial charge is 0.353 e. The van der Waals surface area contributed by atoms with Crippen LogP contribution in [0.15, 0.2) is 71.2 Å². The first kappa shape index (κ1) is 15.8. The van der Waals surface area contributed by atoms with Crippen LogP contribution in [0.3, 0.4) is 0 Å².